The van der Waals surface area contributed by atoms with Gasteiger partial charge in [0.2, 0.25) is 0 Å². The highest BCUT2D eigenvalue weighted by Gasteiger charge is 2.08. The molecule has 0 atom stereocenters. The monoisotopic (exact) mass is 176 g/mol. The second-order valence-corrected chi connectivity index (χ2v) is 1.77. The predicted molar refractivity (Wildman–Crippen MR) is 45.6 cm³/mol. The minimum atomic E-state index is -0.125. The summed E-state index contributed by atoms with van der Waals surface area (Å²) in [5, 5.41) is 15.2. The summed E-state index contributed by atoms with van der Waals surface area (Å²) in [6.45, 7) is 6.39. The average molecular weight is 176 g/mol. The van der Waals surface area contributed by atoms with Crippen molar-refractivity contribution in [3.05, 3.63) is 13.2 Å². The van der Waals surface area contributed by atoms with E-state index in [1.807, 2.05) is 0 Å². The molecular formula is C8H16O4. The van der Waals surface area contributed by atoms with Crippen LogP contribution in [0.5, 0.6) is 0 Å². The van der Waals surface area contributed by atoms with Crippen molar-refractivity contribution < 1.29 is 19.7 Å². The summed E-state index contributed by atoms with van der Waals surface area (Å²) >= 11 is 0. The molecule has 0 aliphatic carbocycles. The van der Waals surface area contributed by atoms with Crippen LogP contribution < -0.4 is 0 Å². The molecule has 0 bridgehead atoms. The van der Waals surface area contributed by atoms with E-state index in [1.54, 1.807) is 0 Å². The Morgan fingerprint density at radius 2 is 1.83 bits per heavy atom. The molecule has 0 radical (unpaired) electrons. The van der Waals surface area contributed by atoms with Crippen molar-refractivity contribution in [2.45, 2.75) is 12.8 Å². The Hall–Kier alpha value is -0.870. The van der Waals surface area contributed by atoms with Gasteiger partial charge in [-0.1, -0.05) is 0 Å². The van der Waals surface area contributed by atoms with Crippen LogP contribution in [-0.4, -0.2) is 36.0 Å². The number of rotatable bonds is 1. The Morgan fingerprint density at radius 1 is 1.33 bits per heavy atom. The Balaban J connectivity index is 0. The van der Waals surface area contributed by atoms with E-state index in [0.29, 0.717) is 13.0 Å². The molecule has 1 rings (SSSR count). The number of aliphatic hydroxyl groups excluding tert-OH is 2. The predicted octanol–water partition coefficient (Wildman–Crippen LogP) is 0.0966. The maximum Gasteiger partial charge on any atom is 0.305 e. The second kappa shape index (κ2) is 12.8. The summed E-state index contributed by atoms with van der Waals surface area (Å²) in [7, 11) is 0. The van der Waals surface area contributed by atoms with Gasteiger partial charge in [0.1, 0.15) is 0 Å². The summed E-state index contributed by atoms with van der Waals surface area (Å²) in [6, 6.07) is 0. The van der Waals surface area contributed by atoms with E-state index in [-0.39, 0.29) is 19.2 Å². The van der Waals surface area contributed by atoms with Gasteiger partial charge >= 0.3 is 5.97 Å². The Bertz CT molecular complexity index is 93.2. The normalized spacial score (nSPS) is 13.3. The van der Waals surface area contributed by atoms with Crippen molar-refractivity contribution in [1.82, 2.24) is 0 Å². The third-order valence-electron chi connectivity index (χ3n) is 0.888. The van der Waals surface area contributed by atoms with Gasteiger partial charge in [-0.25, -0.2) is 0 Å². The van der Waals surface area contributed by atoms with Crippen molar-refractivity contribution >= 4 is 5.97 Å². The van der Waals surface area contributed by atoms with Crippen LogP contribution in [0.4, 0.5) is 0 Å². The van der Waals surface area contributed by atoms with Gasteiger partial charge in [-0.3, -0.25) is 4.79 Å². The lowest BCUT2D eigenvalue weighted by atomic mass is 10.4. The highest BCUT2D eigenvalue weighted by atomic mass is 16.5. The molecule has 12 heavy (non-hydrogen) atoms. The van der Waals surface area contributed by atoms with Crippen molar-refractivity contribution in [1.29, 1.82) is 0 Å². The molecule has 0 saturated carbocycles. The quantitative estimate of drug-likeness (QED) is 0.439. The SMILES string of the molecule is C=C.O=C1CCCO1.OCCO. The molecular weight excluding hydrogens is 160 g/mol. The first-order valence-electron chi connectivity index (χ1n) is 3.68. The van der Waals surface area contributed by atoms with E-state index in [1.165, 1.54) is 0 Å². The molecule has 1 heterocycles. The molecule has 0 amide bonds. The van der Waals surface area contributed by atoms with Crippen LogP contribution in [0.2, 0.25) is 0 Å². The van der Waals surface area contributed by atoms with Crippen molar-refractivity contribution in [2.75, 3.05) is 19.8 Å². The van der Waals surface area contributed by atoms with Crippen LogP contribution in [-0.2, 0) is 9.53 Å². The molecule has 0 aromatic rings. The summed E-state index contributed by atoms with van der Waals surface area (Å²) in [5.41, 5.74) is 0. The molecule has 0 unspecified atom stereocenters. The number of ether oxygens (including phenoxy) is 1. The Labute approximate surface area is 72.5 Å². The summed E-state index contributed by atoms with van der Waals surface area (Å²) < 4.78 is 4.51. The minimum absolute atomic E-state index is 0.0463. The van der Waals surface area contributed by atoms with E-state index < -0.39 is 0 Å². The van der Waals surface area contributed by atoms with E-state index >= 15 is 0 Å². The third-order valence-corrected chi connectivity index (χ3v) is 0.888. The fourth-order valence-electron chi connectivity index (χ4n) is 0.475. The van der Waals surface area contributed by atoms with Crippen molar-refractivity contribution in [2.24, 2.45) is 0 Å². The second-order valence-electron chi connectivity index (χ2n) is 1.77. The number of cyclic esters (lactones) is 1. The van der Waals surface area contributed by atoms with Gasteiger partial charge in [-0.15, -0.1) is 13.2 Å². The van der Waals surface area contributed by atoms with Gasteiger partial charge in [0.15, 0.2) is 0 Å². The van der Waals surface area contributed by atoms with E-state index in [4.69, 9.17) is 10.2 Å². The smallest absolute Gasteiger partial charge is 0.305 e. The number of esters is 1. The number of aliphatic hydroxyl groups is 2. The minimum Gasteiger partial charge on any atom is -0.466 e. The van der Waals surface area contributed by atoms with E-state index in [2.05, 4.69) is 17.9 Å². The lowest BCUT2D eigenvalue weighted by molar-refractivity contribution is -0.137. The lowest BCUT2D eigenvalue weighted by Gasteiger charge is -1.81. The molecule has 0 spiro atoms. The maximum absolute atomic E-state index is 10.0. The molecule has 72 valence electrons. The number of carbonyl (C=O) groups excluding carboxylic acids is 1. The van der Waals surface area contributed by atoms with Crippen LogP contribution in [0, 0.1) is 0 Å². The molecule has 0 aromatic carbocycles. The third kappa shape index (κ3) is 11.9. The molecule has 0 aromatic heterocycles. The molecule has 2 N–H and O–H groups in total. The Morgan fingerprint density at radius 3 is 1.92 bits per heavy atom. The highest BCUT2D eigenvalue weighted by molar-refractivity contribution is 5.70. The average Bonchev–Trinajstić information content (AvgIpc) is 2.60. The fourth-order valence-corrected chi connectivity index (χ4v) is 0.475. The summed E-state index contributed by atoms with van der Waals surface area (Å²) in [6.07, 6.45) is 1.54. The molecule has 1 aliphatic heterocycles. The zero-order valence-electron chi connectivity index (χ0n) is 7.16. The summed E-state index contributed by atoms with van der Waals surface area (Å²) in [5.74, 6) is -0.0463. The lowest BCUT2D eigenvalue weighted by Crippen LogP contribution is -1.88. The van der Waals surface area contributed by atoms with Crippen molar-refractivity contribution in [3.63, 3.8) is 0 Å². The number of hydrogen-bond donors (Lipinski definition) is 2. The zero-order valence-corrected chi connectivity index (χ0v) is 7.16. The van der Waals surface area contributed by atoms with Crippen LogP contribution >= 0.6 is 0 Å². The van der Waals surface area contributed by atoms with E-state index in [9.17, 15) is 4.79 Å². The zero-order chi connectivity index (χ0) is 9.82. The maximum atomic E-state index is 10.0. The largest absolute Gasteiger partial charge is 0.466 e. The van der Waals surface area contributed by atoms with Crippen LogP contribution in [0.25, 0.3) is 0 Å². The number of hydrogen-bond acceptors (Lipinski definition) is 4. The van der Waals surface area contributed by atoms with Gasteiger partial charge in [0.05, 0.1) is 19.8 Å². The number of carbonyl (C=O) groups is 1. The topological polar surface area (TPSA) is 66.8 Å². The first-order valence-corrected chi connectivity index (χ1v) is 3.68. The molecule has 1 fully saturated rings. The van der Waals surface area contributed by atoms with Crippen LogP contribution in [0.1, 0.15) is 12.8 Å². The molecule has 1 aliphatic rings. The van der Waals surface area contributed by atoms with Gasteiger partial charge in [-0.2, -0.15) is 0 Å². The highest BCUT2D eigenvalue weighted by Crippen LogP contribution is 2.01. The van der Waals surface area contributed by atoms with Crippen LogP contribution in [0.15, 0.2) is 13.2 Å². The first kappa shape index (κ1) is 13.7. The summed E-state index contributed by atoms with van der Waals surface area (Å²) in [4.78, 5) is 10.0. The Kier molecular flexibility index (Phi) is 14.6. The van der Waals surface area contributed by atoms with Gasteiger partial charge in [0.25, 0.3) is 0 Å². The molecule has 4 nitrogen and oxygen atoms in total. The molecule has 1 saturated heterocycles. The van der Waals surface area contributed by atoms with Gasteiger partial charge < -0.3 is 14.9 Å². The standard InChI is InChI=1S/C4H6O2.C2H6O2.C2H4/c5-4-2-1-3-6-4;3-1-2-4;1-2/h1-3H2;3-4H,1-2H2;1-2H2. The van der Waals surface area contributed by atoms with Crippen LogP contribution in [0.3, 0.4) is 0 Å². The first-order chi connectivity index (χ1) is 5.81. The van der Waals surface area contributed by atoms with Gasteiger partial charge in [0, 0.05) is 6.42 Å². The van der Waals surface area contributed by atoms with Gasteiger partial charge in [-0.05, 0) is 6.42 Å². The van der Waals surface area contributed by atoms with E-state index in [0.717, 1.165) is 6.42 Å². The van der Waals surface area contributed by atoms with Crippen molar-refractivity contribution in [3.8, 4) is 0 Å². The molecule has 4 heteroatoms. The fraction of sp³-hybridized carbons (Fsp3) is 0.625.